The standard InChI is InChI=1S/C26H38F2O/c1-3-5-7-19-8-10-20(11-9-19)21-12-14-22(15-13-21)23-16-17-24(26(28)25(23)27)29-18-6-4-2/h4,6,16-17,19-22H,3,5,7-15,18H2,1-2H3/b6-4+. The molecule has 162 valence electrons. The Morgan fingerprint density at radius 1 is 0.931 bits per heavy atom. The summed E-state index contributed by atoms with van der Waals surface area (Å²) < 4.78 is 34.4. The predicted molar refractivity (Wildman–Crippen MR) is 116 cm³/mol. The summed E-state index contributed by atoms with van der Waals surface area (Å²) in [6.45, 7) is 4.42. The maximum Gasteiger partial charge on any atom is 0.200 e. The highest BCUT2D eigenvalue weighted by atomic mass is 19.2. The van der Waals surface area contributed by atoms with Gasteiger partial charge in [-0.1, -0.05) is 57.2 Å². The van der Waals surface area contributed by atoms with Crippen LogP contribution < -0.4 is 4.74 Å². The van der Waals surface area contributed by atoms with E-state index in [1.165, 1.54) is 44.9 Å². The first-order chi connectivity index (χ1) is 14.1. The van der Waals surface area contributed by atoms with Crippen LogP contribution in [0.1, 0.15) is 96.0 Å². The average molecular weight is 405 g/mol. The minimum absolute atomic E-state index is 0.0119. The number of ether oxygens (including phenoxy) is 1. The van der Waals surface area contributed by atoms with E-state index in [1.54, 1.807) is 18.2 Å². The van der Waals surface area contributed by atoms with Crippen LogP contribution in [0.3, 0.4) is 0 Å². The number of hydrogen-bond acceptors (Lipinski definition) is 1. The fourth-order valence-corrected chi connectivity index (χ4v) is 5.55. The van der Waals surface area contributed by atoms with Crippen molar-refractivity contribution in [2.24, 2.45) is 17.8 Å². The highest BCUT2D eigenvalue weighted by Gasteiger charge is 2.32. The largest absolute Gasteiger partial charge is 0.486 e. The van der Waals surface area contributed by atoms with Crippen LogP contribution >= 0.6 is 0 Å². The van der Waals surface area contributed by atoms with Gasteiger partial charge in [0.25, 0.3) is 0 Å². The summed E-state index contributed by atoms with van der Waals surface area (Å²) in [4.78, 5) is 0. The van der Waals surface area contributed by atoms with E-state index in [2.05, 4.69) is 6.92 Å². The number of halogens is 2. The molecule has 0 bridgehead atoms. The quantitative estimate of drug-likeness (QED) is 0.397. The minimum Gasteiger partial charge on any atom is -0.486 e. The second-order valence-corrected chi connectivity index (χ2v) is 9.20. The smallest absolute Gasteiger partial charge is 0.200 e. The van der Waals surface area contributed by atoms with Crippen LogP contribution in [0.4, 0.5) is 8.78 Å². The van der Waals surface area contributed by atoms with E-state index in [0.29, 0.717) is 5.56 Å². The third-order valence-corrected chi connectivity index (χ3v) is 7.38. The van der Waals surface area contributed by atoms with E-state index < -0.39 is 11.6 Å². The molecule has 2 saturated carbocycles. The van der Waals surface area contributed by atoms with Crippen LogP contribution in [0.5, 0.6) is 5.75 Å². The summed E-state index contributed by atoms with van der Waals surface area (Å²) in [5.41, 5.74) is 0.544. The zero-order valence-electron chi connectivity index (χ0n) is 18.3. The molecule has 0 aliphatic heterocycles. The van der Waals surface area contributed by atoms with Gasteiger partial charge in [-0.3, -0.25) is 0 Å². The van der Waals surface area contributed by atoms with Crippen molar-refractivity contribution in [1.29, 1.82) is 0 Å². The van der Waals surface area contributed by atoms with Gasteiger partial charge in [-0.05, 0) is 80.8 Å². The summed E-state index contributed by atoms with van der Waals surface area (Å²) >= 11 is 0. The van der Waals surface area contributed by atoms with E-state index >= 15 is 0 Å². The number of rotatable bonds is 8. The van der Waals surface area contributed by atoms with E-state index in [0.717, 1.165) is 43.4 Å². The number of hydrogen-bond donors (Lipinski definition) is 0. The van der Waals surface area contributed by atoms with Crippen molar-refractivity contribution in [2.75, 3.05) is 6.61 Å². The Morgan fingerprint density at radius 3 is 2.21 bits per heavy atom. The number of benzene rings is 1. The van der Waals surface area contributed by atoms with Crippen molar-refractivity contribution in [3.8, 4) is 5.75 Å². The molecule has 0 spiro atoms. The molecule has 0 atom stereocenters. The first kappa shape index (κ1) is 22.3. The number of unbranched alkanes of at least 4 members (excludes halogenated alkanes) is 1. The molecule has 1 aromatic rings. The molecule has 0 saturated heterocycles. The molecule has 0 N–H and O–H groups in total. The van der Waals surface area contributed by atoms with Crippen molar-refractivity contribution < 1.29 is 13.5 Å². The SMILES string of the molecule is C/C=C/COc1ccc(C2CCC(C3CCC(CCCC)CC3)CC2)c(F)c1F. The van der Waals surface area contributed by atoms with Crippen LogP contribution in [-0.4, -0.2) is 6.61 Å². The summed E-state index contributed by atoms with van der Waals surface area (Å²) in [5.74, 6) is 1.21. The lowest BCUT2D eigenvalue weighted by molar-refractivity contribution is 0.155. The zero-order valence-corrected chi connectivity index (χ0v) is 18.3. The molecule has 0 unspecified atom stereocenters. The van der Waals surface area contributed by atoms with Gasteiger partial charge in [0.05, 0.1) is 0 Å². The van der Waals surface area contributed by atoms with Gasteiger partial charge in [-0.15, -0.1) is 0 Å². The van der Waals surface area contributed by atoms with E-state index in [-0.39, 0.29) is 18.3 Å². The molecule has 1 nitrogen and oxygen atoms in total. The monoisotopic (exact) mass is 404 g/mol. The zero-order chi connectivity index (χ0) is 20.6. The molecule has 3 rings (SSSR count). The Kier molecular flexibility index (Phi) is 8.56. The lowest BCUT2D eigenvalue weighted by Crippen LogP contribution is -2.25. The third-order valence-electron chi connectivity index (χ3n) is 7.38. The van der Waals surface area contributed by atoms with Gasteiger partial charge in [0.15, 0.2) is 11.6 Å². The van der Waals surface area contributed by atoms with Crippen molar-refractivity contribution in [3.05, 3.63) is 41.5 Å². The Morgan fingerprint density at radius 2 is 1.59 bits per heavy atom. The van der Waals surface area contributed by atoms with Gasteiger partial charge in [-0.25, -0.2) is 4.39 Å². The second kappa shape index (κ2) is 11.1. The van der Waals surface area contributed by atoms with Crippen LogP contribution in [-0.2, 0) is 0 Å². The summed E-state index contributed by atoms with van der Waals surface area (Å²) in [6.07, 6.45) is 17.6. The molecule has 0 radical (unpaired) electrons. The molecule has 2 aliphatic carbocycles. The Balaban J connectivity index is 1.51. The third kappa shape index (κ3) is 5.83. The normalized spacial score (nSPS) is 28.0. The molecule has 0 amide bonds. The number of allylic oxidation sites excluding steroid dienone is 1. The molecule has 29 heavy (non-hydrogen) atoms. The maximum atomic E-state index is 14.7. The van der Waals surface area contributed by atoms with Crippen molar-refractivity contribution >= 4 is 0 Å². The van der Waals surface area contributed by atoms with Crippen LogP contribution in [0, 0.1) is 29.4 Å². The first-order valence-corrected chi connectivity index (χ1v) is 11.9. The van der Waals surface area contributed by atoms with Gasteiger partial charge < -0.3 is 4.74 Å². The van der Waals surface area contributed by atoms with Gasteiger partial charge in [0, 0.05) is 0 Å². The van der Waals surface area contributed by atoms with Gasteiger partial charge in [0.1, 0.15) is 6.61 Å². The molecule has 0 heterocycles. The van der Waals surface area contributed by atoms with Gasteiger partial charge in [0.2, 0.25) is 5.82 Å². The molecule has 3 heteroatoms. The first-order valence-electron chi connectivity index (χ1n) is 11.9. The molecule has 1 aromatic carbocycles. The second-order valence-electron chi connectivity index (χ2n) is 9.20. The summed E-state index contributed by atoms with van der Waals surface area (Å²) in [7, 11) is 0. The fraction of sp³-hybridized carbons (Fsp3) is 0.692. The highest BCUT2D eigenvalue weighted by Crippen LogP contribution is 2.45. The Hall–Kier alpha value is -1.38. The van der Waals surface area contributed by atoms with E-state index in [4.69, 9.17) is 4.74 Å². The maximum absolute atomic E-state index is 14.7. The molecular weight excluding hydrogens is 366 g/mol. The van der Waals surface area contributed by atoms with E-state index in [1.807, 2.05) is 13.0 Å². The highest BCUT2D eigenvalue weighted by molar-refractivity contribution is 5.33. The van der Waals surface area contributed by atoms with Gasteiger partial charge in [-0.2, -0.15) is 4.39 Å². The van der Waals surface area contributed by atoms with Gasteiger partial charge >= 0.3 is 0 Å². The fourth-order valence-electron chi connectivity index (χ4n) is 5.55. The average Bonchev–Trinajstić information content (AvgIpc) is 2.76. The van der Waals surface area contributed by atoms with E-state index in [9.17, 15) is 8.78 Å². The molecule has 0 aromatic heterocycles. The van der Waals surface area contributed by atoms with Crippen molar-refractivity contribution in [3.63, 3.8) is 0 Å². The minimum atomic E-state index is -0.834. The molecule has 2 fully saturated rings. The lowest BCUT2D eigenvalue weighted by Gasteiger charge is -2.38. The Bertz CT molecular complexity index is 653. The van der Waals surface area contributed by atoms with Crippen LogP contribution in [0.2, 0.25) is 0 Å². The summed E-state index contributed by atoms with van der Waals surface area (Å²) in [5, 5.41) is 0. The van der Waals surface area contributed by atoms with Crippen LogP contribution in [0.15, 0.2) is 24.3 Å². The predicted octanol–water partition coefficient (Wildman–Crippen LogP) is 8.19. The topological polar surface area (TPSA) is 9.23 Å². The Labute approximate surface area is 175 Å². The van der Waals surface area contributed by atoms with Crippen LogP contribution in [0.25, 0.3) is 0 Å². The molecule has 2 aliphatic rings. The molecular formula is C26H38F2O. The summed E-state index contributed by atoms with van der Waals surface area (Å²) in [6, 6.07) is 3.34. The lowest BCUT2D eigenvalue weighted by atomic mass is 9.68. The van der Waals surface area contributed by atoms with Crippen molar-refractivity contribution in [2.45, 2.75) is 90.4 Å². The van der Waals surface area contributed by atoms with Crippen molar-refractivity contribution in [1.82, 2.24) is 0 Å².